The van der Waals surface area contributed by atoms with Gasteiger partial charge in [-0.05, 0) is 59.3 Å². The number of thiophene rings is 1. The van der Waals surface area contributed by atoms with Gasteiger partial charge in [-0.1, -0.05) is 84.9 Å². The largest absolute Gasteiger partial charge is 0.456 e. The maximum Gasteiger partial charge on any atom is 0.160 e. The summed E-state index contributed by atoms with van der Waals surface area (Å²) in [6.07, 6.45) is 0. The summed E-state index contributed by atoms with van der Waals surface area (Å²) in [5, 5.41) is 9.39. The number of hydrogen-bond donors (Lipinski definition) is 0. The predicted octanol–water partition coefficient (Wildman–Crippen LogP) is 12.5. The Hall–Kier alpha value is -5.58. The van der Waals surface area contributed by atoms with Gasteiger partial charge in [-0.2, -0.15) is 0 Å². The molecule has 10 aromatic rings. The van der Waals surface area contributed by atoms with Crippen LogP contribution in [0.1, 0.15) is 0 Å². The van der Waals surface area contributed by atoms with Crippen LogP contribution in [0.4, 0.5) is 17.1 Å². The second-order valence-corrected chi connectivity index (χ2v) is 12.4. The van der Waals surface area contributed by atoms with E-state index in [2.05, 4.69) is 126 Å². The van der Waals surface area contributed by atoms with Crippen LogP contribution in [0.2, 0.25) is 0 Å². The van der Waals surface area contributed by atoms with Gasteiger partial charge in [-0.15, -0.1) is 11.3 Å². The second kappa shape index (κ2) is 8.96. The number of anilines is 3. The fraction of sp³-hybridized carbons (Fsp3) is 0. The van der Waals surface area contributed by atoms with Crippen LogP contribution < -0.4 is 4.90 Å². The van der Waals surface area contributed by atoms with Crippen LogP contribution in [0.15, 0.2) is 148 Å². The fourth-order valence-corrected chi connectivity index (χ4v) is 8.00. The molecule has 0 radical (unpaired) electrons. The molecular weight excluding hydrogens is 559 g/mol. The molecule has 0 aliphatic rings. The number of benzene rings is 7. The highest BCUT2D eigenvalue weighted by Gasteiger charge is 2.23. The molecule has 0 saturated heterocycles. The quantitative estimate of drug-likeness (QED) is 0.208. The minimum absolute atomic E-state index is 0.860. The molecule has 0 unspecified atom stereocenters. The number of furan rings is 2. The van der Waals surface area contributed by atoms with E-state index in [-0.39, 0.29) is 0 Å². The van der Waals surface area contributed by atoms with Gasteiger partial charge >= 0.3 is 0 Å². The summed E-state index contributed by atoms with van der Waals surface area (Å²) in [6, 6.07) is 49.4. The zero-order valence-electron chi connectivity index (χ0n) is 23.5. The average molecular weight is 582 g/mol. The highest BCUT2D eigenvalue weighted by Crippen LogP contribution is 2.47. The van der Waals surface area contributed by atoms with E-state index in [1.807, 2.05) is 29.5 Å². The SMILES string of the molecule is c1ccc2c(c1)cc(N(c1ccc3c(c1)oc1ccccc13)c1ccc3c(c1)sc1ccccc13)c1oc3ccccc3c12. The predicted molar refractivity (Wildman–Crippen MR) is 186 cm³/mol. The Labute approximate surface area is 255 Å². The van der Waals surface area contributed by atoms with Gasteiger partial charge in [0.2, 0.25) is 0 Å². The normalized spacial score (nSPS) is 12.1. The van der Waals surface area contributed by atoms with E-state index in [4.69, 9.17) is 8.83 Å². The molecule has 0 fully saturated rings. The molecule has 3 aromatic heterocycles. The van der Waals surface area contributed by atoms with E-state index < -0.39 is 0 Å². The Morgan fingerprint density at radius 2 is 1.05 bits per heavy atom. The first-order valence-corrected chi connectivity index (χ1v) is 15.6. The van der Waals surface area contributed by atoms with E-state index in [9.17, 15) is 0 Å². The van der Waals surface area contributed by atoms with Crippen molar-refractivity contribution in [1.82, 2.24) is 0 Å². The van der Waals surface area contributed by atoms with Crippen LogP contribution in [-0.4, -0.2) is 0 Å². The highest BCUT2D eigenvalue weighted by atomic mass is 32.1. The lowest BCUT2D eigenvalue weighted by molar-refractivity contribution is 0.667. The molecule has 10 rings (SSSR count). The lowest BCUT2D eigenvalue weighted by atomic mass is 10.0. The third-order valence-corrected chi connectivity index (χ3v) is 9.97. The van der Waals surface area contributed by atoms with Gasteiger partial charge in [0.1, 0.15) is 16.7 Å². The van der Waals surface area contributed by atoms with Crippen LogP contribution in [-0.2, 0) is 0 Å². The molecule has 0 aliphatic carbocycles. The molecular formula is C40H23NO2S. The third-order valence-electron chi connectivity index (χ3n) is 8.83. The summed E-state index contributed by atoms with van der Waals surface area (Å²) in [6.45, 7) is 0. The number of fused-ring (bicyclic) bond motifs is 11. The minimum atomic E-state index is 0.860. The van der Waals surface area contributed by atoms with Gasteiger partial charge in [0.05, 0.1) is 11.4 Å². The molecule has 0 amide bonds. The Bertz CT molecular complexity index is 2630. The van der Waals surface area contributed by atoms with Crippen LogP contribution >= 0.6 is 11.3 Å². The standard InChI is InChI=1S/C40H23NO2S/c1-2-10-27-24(9-1)21-33(40-39(27)32-13-4-7-15-35(32)43-40)41(25-17-19-29-28-11-3-6-14-34(28)42-36(29)22-25)26-18-20-31-30-12-5-8-16-37(30)44-38(31)23-26/h1-23H. The maximum absolute atomic E-state index is 6.72. The Kier molecular flexibility index (Phi) is 4.87. The summed E-state index contributed by atoms with van der Waals surface area (Å²) in [7, 11) is 0. The molecule has 206 valence electrons. The Morgan fingerprint density at radius 3 is 1.91 bits per heavy atom. The first-order valence-electron chi connectivity index (χ1n) is 14.8. The van der Waals surface area contributed by atoms with Crippen molar-refractivity contribution in [3.05, 3.63) is 140 Å². The van der Waals surface area contributed by atoms with Gasteiger partial charge in [0.15, 0.2) is 5.58 Å². The topological polar surface area (TPSA) is 29.5 Å². The number of rotatable bonds is 3. The van der Waals surface area contributed by atoms with Crippen LogP contribution in [0, 0.1) is 0 Å². The van der Waals surface area contributed by atoms with Crippen molar-refractivity contribution in [3.8, 4) is 0 Å². The number of hydrogen-bond acceptors (Lipinski definition) is 4. The summed E-state index contributed by atoms with van der Waals surface area (Å²) in [4.78, 5) is 2.33. The first-order chi connectivity index (χ1) is 21.8. The zero-order chi connectivity index (χ0) is 28.8. The lowest BCUT2D eigenvalue weighted by Crippen LogP contribution is -2.10. The van der Waals surface area contributed by atoms with E-state index in [0.717, 1.165) is 60.9 Å². The maximum atomic E-state index is 6.72. The molecule has 0 spiro atoms. The summed E-state index contributed by atoms with van der Waals surface area (Å²) < 4.78 is 15.6. The average Bonchev–Trinajstić information content (AvgIpc) is 3.76. The van der Waals surface area contributed by atoms with Crippen molar-refractivity contribution in [3.63, 3.8) is 0 Å². The Morgan fingerprint density at radius 1 is 0.432 bits per heavy atom. The molecule has 7 aromatic carbocycles. The van der Waals surface area contributed by atoms with E-state index >= 15 is 0 Å². The van der Waals surface area contributed by atoms with Crippen molar-refractivity contribution in [2.75, 3.05) is 4.90 Å². The number of para-hydroxylation sites is 2. The molecule has 0 saturated carbocycles. The monoisotopic (exact) mass is 581 g/mol. The summed E-state index contributed by atoms with van der Waals surface area (Å²) in [5.41, 5.74) is 6.57. The third kappa shape index (κ3) is 3.37. The summed E-state index contributed by atoms with van der Waals surface area (Å²) in [5.74, 6) is 0. The second-order valence-electron chi connectivity index (χ2n) is 11.3. The minimum Gasteiger partial charge on any atom is -0.456 e. The smallest absolute Gasteiger partial charge is 0.160 e. The molecule has 0 aliphatic heterocycles. The van der Waals surface area contributed by atoms with Crippen LogP contribution in [0.25, 0.3) is 74.8 Å². The van der Waals surface area contributed by atoms with Gasteiger partial charge in [-0.3, -0.25) is 0 Å². The van der Waals surface area contributed by atoms with Gasteiger partial charge in [-0.25, -0.2) is 0 Å². The molecule has 4 heteroatoms. The molecule has 3 nitrogen and oxygen atoms in total. The Balaban J connectivity index is 1.31. The van der Waals surface area contributed by atoms with Crippen LogP contribution in [0.5, 0.6) is 0 Å². The van der Waals surface area contributed by atoms with Crippen LogP contribution in [0.3, 0.4) is 0 Å². The van der Waals surface area contributed by atoms with Crippen molar-refractivity contribution in [2.45, 2.75) is 0 Å². The zero-order valence-corrected chi connectivity index (χ0v) is 24.3. The van der Waals surface area contributed by atoms with Gasteiger partial charge in [0.25, 0.3) is 0 Å². The molecule has 0 N–H and O–H groups in total. The van der Waals surface area contributed by atoms with Gasteiger partial charge < -0.3 is 13.7 Å². The molecule has 44 heavy (non-hydrogen) atoms. The van der Waals surface area contributed by atoms with E-state index in [1.165, 1.54) is 30.9 Å². The van der Waals surface area contributed by atoms with E-state index in [1.54, 1.807) is 0 Å². The highest BCUT2D eigenvalue weighted by molar-refractivity contribution is 7.25. The first kappa shape index (κ1) is 23.9. The molecule has 3 heterocycles. The van der Waals surface area contributed by atoms with Gasteiger partial charge in [0, 0.05) is 53.5 Å². The van der Waals surface area contributed by atoms with Crippen molar-refractivity contribution >= 4 is 103 Å². The molecule has 0 bridgehead atoms. The number of nitrogens with zero attached hydrogens (tertiary/aromatic N) is 1. The molecule has 0 atom stereocenters. The van der Waals surface area contributed by atoms with E-state index in [0.29, 0.717) is 0 Å². The van der Waals surface area contributed by atoms with Crippen molar-refractivity contribution in [2.24, 2.45) is 0 Å². The summed E-state index contributed by atoms with van der Waals surface area (Å²) >= 11 is 1.83. The lowest BCUT2D eigenvalue weighted by Gasteiger charge is -2.26. The van der Waals surface area contributed by atoms with Crippen molar-refractivity contribution in [1.29, 1.82) is 0 Å². The fourth-order valence-electron chi connectivity index (χ4n) is 6.86. The van der Waals surface area contributed by atoms with Crippen molar-refractivity contribution < 1.29 is 8.83 Å².